The molecule has 0 saturated heterocycles. The third-order valence-electron chi connectivity index (χ3n) is 1.66. The van der Waals surface area contributed by atoms with Crippen molar-refractivity contribution >= 4 is 23.4 Å². The number of anilines is 1. The van der Waals surface area contributed by atoms with E-state index in [0.717, 1.165) is 0 Å². The summed E-state index contributed by atoms with van der Waals surface area (Å²) in [6, 6.07) is 5.71. The first kappa shape index (κ1) is 13.9. The van der Waals surface area contributed by atoms with Crippen LogP contribution in [-0.2, 0) is 9.53 Å². The molecule has 1 N–H and O–H groups in total. The molecule has 0 bridgehead atoms. The van der Waals surface area contributed by atoms with Gasteiger partial charge in [0.15, 0.2) is 0 Å². The molecule has 0 radical (unpaired) electrons. The first-order valence-corrected chi connectivity index (χ1v) is 5.37. The number of thioether (sulfide) groups is 1. The molecule has 0 unspecified atom stereocenters. The number of alkyl halides is 3. The molecule has 0 spiro atoms. The van der Waals surface area contributed by atoms with Gasteiger partial charge < -0.3 is 10.1 Å². The van der Waals surface area contributed by atoms with E-state index in [1.54, 1.807) is 6.07 Å². The Hall–Kier alpha value is -1.21. The smallest absolute Gasteiger partial charge is 0.375 e. The topological polar surface area (TPSA) is 38.3 Å². The maximum atomic E-state index is 12.2. The van der Waals surface area contributed by atoms with Crippen LogP contribution < -0.4 is 5.32 Å². The van der Waals surface area contributed by atoms with Crippen LogP contribution in [-0.4, -0.2) is 25.1 Å². The van der Waals surface area contributed by atoms with Crippen LogP contribution in [0, 0.1) is 0 Å². The molecular formula is C10H10F3NO2S. The van der Waals surface area contributed by atoms with Gasteiger partial charge in [0.25, 0.3) is 0 Å². The van der Waals surface area contributed by atoms with Crippen molar-refractivity contribution < 1.29 is 22.7 Å². The summed E-state index contributed by atoms with van der Waals surface area (Å²) in [5.41, 5.74) is -4.26. The third-order valence-corrected chi connectivity index (χ3v) is 2.47. The van der Waals surface area contributed by atoms with Crippen molar-refractivity contribution in [2.45, 2.75) is 10.4 Å². The fourth-order valence-electron chi connectivity index (χ4n) is 1.10. The monoisotopic (exact) mass is 265 g/mol. The maximum absolute atomic E-state index is 12.2. The third kappa shape index (κ3) is 5.10. The number of carbonyl (C=O) groups excluding carboxylic acids is 1. The Kier molecular flexibility index (Phi) is 4.83. The zero-order valence-corrected chi connectivity index (χ0v) is 9.69. The molecule has 1 aromatic rings. The van der Waals surface area contributed by atoms with Crippen molar-refractivity contribution in [3.8, 4) is 0 Å². The van der Waals surface area contributed by atoms with Crippen LogP contribution in [0.5, 0.6) is 0 Å². The molecule has 0 aromatic heterocycles. The average Bonchev–Trinajstić information content (AvgIpc) is 2.19. The fraction of sp³-hybridized carbons (Fsp3) is 0.300. The van der Waals surface area contributed by atoms with E-state index in [2.05, 4.69) is 10.1 Å². The summed E-state index contributed by atoms with van der Waals surface area (Å²) in [6.07, 6.45) is 0. The predicted octanol–water partition coefficient (Wildman–Crippen LogP) is 2.88. The number of para-hydroxylation sites is 1. The van der Waals surface area contributed by atoms with E-state index in [1.807, 2.05) is 0 Å². The number of carbonyl (C=O) groups is 1. The van der Waals surface area contributed by atoms with Gasteiger partial charge >= 0.3 is 5.51 Å². The molecule has 17 heavy (non-hydrogen) atoms. The molecule has 7 heteroatoms. The molecule has 0 aliphatic heterocycles. The minimum atomic E-state index is -4.39. The second-order valence-corrected chi connectivity index (χ2v) is 4.13. The second kappa shape index (κ2) is 5.92. The Morgan fingerprint density at radius 1 is 1.41 bits per heavy atom. The van der Waals surface area contributed by atoms with E-state index in [4.69, 9.17) is 0 Å². The van der Waals surface area contributed by atoms with Crippen molar-refractivity contribution in [3.63, 3.8) is 0 Å². The van der Waals surface area contributed by atoms with Gasteiger partial charge in [0.1, 0.15) is 6.61 Å². The van der Waals surface area contributed by atoms with E-state index in [1.165, 1.54) is 25.3 Å². The molecule has 3 nitrogen and oxygen atoms in total. The zero-order valence-electron chi connectivity index (χ0n) is 8.88. The van der Waals surface area contributed by atoms with Crippen molar-refractivity contribution in [2.24, 2.45) is 0 Å². The number of methoxy groups -OCH3 is 1. The summed E-state index contributed by atoms with van der Waals surface area (Å²) in [5.74, 6) is -0.497. The Morgan fingerprint density at radius 3 is 2.65 bits per heavy atom. The standard InChI is InChI=1S/C10H10F3NO2S/c1-16-6-9(15)14-7-4-2-3-5-8(7)17-10(11,12)13/h2-5H,6H2,1H3,(H,14,15). The van der Waals surface area contributed by atoms with Gasteiger partial charge in [-0.3, -0.25) is 4.79 Å². The number of hydrogen-bond acceptors (Lipinski definition) is 3. The van der Waals surface area contributed by atoms with Gasteiger partial charge in [0.2, 0.25) is 5.91 Å². The van der Waals surface area contributed by atoms with Crippen molar-refractivity contribution in [1.82, 2.24) is 0 Å². The van der Waals surface area contributed by atoms with Crippen LogP contribution in [0.4, 0.5) is 18.9 Å². The average molecular weight is 265 g/mol. The molecule has 0 saturated carbocycles. The zero-order chi connectivity index (χ0) is 12.9. The molecule has 0 aliphatic carbocycles. The molecule has 0 aliphatic rings. The number of rotatable bonds is 4. The highest BCUT2D eigenvalue weighted by Gasteiger charge is 2.30. The summed E-state index contributed by atoms with van der Waals surface area (Å²) in [5, 5.41) is 2.35. The highest BCUT2D eigenvalue weighted by atomic mass is 32.2. The lowest BCUT2D eigenvalue weighted by Crippen LogP contribution is -2.17. The van der Waals surface area contributed by atoms with Gasteiger partial charge in [0.05, 0.1) is 5.69 Å². The van der Waals surface area contributed by atoms with Crippen molar-refractivity contribution in [1.29, 1.82) is 0 Å². The first-order valence-electron chi connectivity index (χ1n) is 4.56. The van der Waals surface area contributed by atoms with E-state index in [-0.39, 0.29) is 29.0 Å². The largest absolute Gasteiger partial charge is 0.446 e. The summed E-state index contributed by atoms with van der Waals surface area (Å²) >= 11 is -0.268. The SMILES string of the molecule is COCC(=O)Nc1ccccc1SC(F)(F)F. The number of benzene rings is 1. The van der Waals surface area contributed by atoms with Crippen molar-refractivity contribution in [2.75, 3.05) is 19.0 Å². The van der Waals surface area contributed by atoms with Crippen LogP contribution in [0.2, 0.25) is 0 Å². The van der Waals surface area contributed by atoms with Crippen LogP contribution in [0.3, 0.4) is 0 Å². The predicted molar refractivity (Wildman–Crippen MR) is 58.9 cm³/mol. The van der Waals surface area contributed by atoms with Crippen LogP contribution >= 0.6 is 11.8 Å². The summed E-state index contributed by atoms with van der Waals surface area (Å²) < 4.78 is 41.3. The van der Waals surface area contributed by atoms with Gasteiger partial charge in [-0.05, 0) is 23.9 Å². The van der Waals surface area contributed by atoms with Gasteiger partial charge in [-0.2, -0.15) is 13.2 Å². The first-order chi connectivity index (χ1) is 7.92. The Bertz CT molecular complexity index is 395. The lowest BCUT2D eigenvalue weighted by Gasteiger charge is -2.11. The maximum Gasteiger partial charge on any atom is 0.446 e. The van der Waals surface area contributed by atoms with Crippen LogP contribution in [0.25, 0.3) is 0 Å². The second-order valence-electron chi connectivity index (χ2n) is 3.03. The van der Waals surface area contributed by atoms with E-state index in [0.29, 0.717) is 0 Å². The van der Waals surface area contributed by atoms with Crippen LogP contribution in [0.15, 0.2) is 29.2 Å². The van der Waals surface area contributed by atoms with E-state index < -0.39 is 11.4 Å². The van der Waals surface area contributed by atoms with E-state index >= 15 is 0 Å². The Morgan fingerprint density at radius 2 is 2.06 bits per heavy atom. The summed E-state index contributed by atoms with van der Waals surface area (Å²) in [7, 11) is 1.33. The number of nitrogens with one attached hydrogen (secondary N) is 1. The highest BCUT2D eigenvalue weighted by Crippen LogP contribution is 2.40. The molecule has 1 rings (SSSR count). The minimum absolute atomic E-state index is 0.0514. The van der Waals surface area contributed by atoms with Crippen LogP contribution in [0.1, 0.15) is 0 Å². The molecule has 0 atom stereocenters. The van der Waals surface area contributed by atoms with E-state index in [9.17, 15) is 18.0 Å². The molecule has 1 aromatic carbocycles. The molecule has 1 amide bonds. The minimum Gasteiger partial charge on any atom is -0.375 e. The molecule has 0 heterocycles. The fourth-order valence-corrected chi connectivity index (χ4v) is 1.73. The summed E-state index contributed by atoms with van der Waals surface area (Å²) in [6.45, 7) is -0.203. The number of ether oxygens (including phenoxy) is 1. The Labute approximate surface area is 100 Å². The van der Waals surface area contributed by atoms with Gasteiger partial charge in [-0.25, -0.2) is 0 Å². The van der Waals surface area contributed by atoms with Crippen molar-refractivity contribution in [3.05, 3.63) is 24.3 Å². The number of hydrogen-bond donors (Lipinski definition) is 1. The number of halogens is 3. The Balaban J connectivity index is 2.81. The highest BCUT2D eigenvalue weighted by molar-refractivity contribution is 8.00. The van der Waals surface area contributed by atoms with Gasteiger partial charge in [-0.15, -0.1) is 0 Å². The van der Waals surface area contributed by atoms with Gasteiger partial charge in [0, 0.05) is 12.0 Å². The molecule has 94 valence electrons. The normalized spacial score (nSPS) is 11.3. The molecular weight excluding hydrogens is 255 g/mol. The summed E-state index contributed by atoms with van der Waals surface area (Å²) in [4.78, 5) is 11.2. The lowest BCUT2D eigenvalue weighted by atomic mass is 10.3. The lowest BCUT2D eigenvalue weighted by molar-refractivity contribution is -0.119. The van der Waals surface area contributed by atoms with Gasteiger partial charge in [-0.1, -0.05) is 12.1 Å². The molecule has 0 fully saturated rings. The number of amides is 1. The quantitative estimate of drug-likeness (QED) is 0.851.